The van der Waals surface area contributed by atoms with Crippen LogP contribution in [-0.4, -0.2) is 15.1 Å². The Labute approximate surface area is 141 Å². The molecule has 4 nitrogen and oxygen atoms in total. The average molecular weight is 339 g/mol. The zero-order chi connectivity index (χ0) is 15.6. The molecule has 0 radical (unpaired) electrons. The van der Waals surface area contributed by atoms with Crippen molar-refractivity contribution in [2.75, 3.05) is 0 Å². The SMILES string of the molecule is Cc1cc(SCc2noc(-c3cccs3)n2)nc2ccccc12. The summed E-state index contributed by atoms with van der Waals surface area (Å²) in [5, 5.41) is 8.21. The fourth-order valence-electron chi connectivity index (χ4n) is 2.34. The molecule has 1 aromatic carbocycles. The molecule has 3 aromatic heterocycles. The second-order valence-corrected chi connectivity index (χ2v) is 7.02. The van der Waals surface area contributed by atoms with Gasteiger partial charge in [0.25, 0.3) is 5.89 Å². The highest BCUT2D eigenvalue weighted by Gasteiger charge is 2.10. The number of rotatable bonds is 4. The fourth-order valence-corrected chi connectivity index (χ4v) is 3.81. The maximum atomic E-state index is 5.31. The van der Waals surface area contributed by atoms with Gasteiger partial charge < -0.3 is 4.52 Å². The van der Waals surface area contributed by atoms with E-state index in [4.69, 9.17) is 4.52 Å². The molecule has 4 aromatic rings. The molecule has 114 valence electrons. The second-order valence-electron chi connectivity index (χ2n) is 5.08. The number of aromatic nitrogens is 3. The number of para-hydroxylation sites is 1. The van der Waals surface area contributed by atoms with Crippen LogP contribution in [-0.2, 0) is 5.75 Å². The van der Waals surface area contributed by atoms with Crippen LogP contribution in [0.4, 0.5) is 0 Å². The molecular formula is C17H13N3OS2. The van der Waals surface area contributed by atoms with Crippen LogP contribution in [0, 0.1) is 6.92 Å². The van der Waals surface area contributed by atoms with Crippen molar-refractivity contribution in [3.63, 3.8) is 0 Å². The van der Waals surface area contributed by atoms with E-state index in [1.165, 1.54) is 10.9 Å². The predicted octanol–water partition coefficient (Wildman–Crippen LogP) is 4.95. The summed E-state index contributed by atoms with van der Waals surface area (Å²) in [6.45, 7) is 2.11. The highest BCUT2D eigenvalue weighted by atomic mass is 32.2. The first-order valence-electron chi connectivity index (χ1n) is 7.15. The minimum absolute atomic E-state index is 0.582. The number of hydrogen-bond donors (Lipinski definition) is 0. The standard InChI is InChI=1S/C17H13N3OS2/c1-11-9-16(18-13-6-3-2-5-12(11)13)23-10-15-19-17(21-20-15)14-7-4-8-22-14/h2-9H,10H2,1H3. The van der Waals surface area contributed by atoms with Gasteiger partial charge in [-0.3, -0.25) is 0 Å². The molecule has 0 fully saturated rings. The van der Waals surface area contributed by atoms with Gasteiger partial charge in [0.2, 0.25) is 0 Å². The first-order valence-corrected chi connectivity index (χ1v) is 9.02. The van der Waals surface area contributed by atoms with Crippen LogP contribution >= 0.6 is 23.1 Å². The fraction of sp³-hybridized carbons (Fsp3) is 0.118. The number of thioether (sulfide) groups is 1. The number of benzene rings is 1. The Morgan fingerprint density at radius 1 is 1.13 bits per heavy atom. The molecule has 6 heteroatoms. The van der Waals surface area contributed by atoms with Crippen molar-refractivity contribution >= 4 is 34.0 Å². The normalized spacial score (nSPS) is 11.2. The smallest absolute Gasteiger partial charge is 0.268 e. The first-order chi connectivity index (χ1) is 11.3. The zero-order valence-electron chi connectivity index (χ0n) is 12.4. The highest BCUT2D eigenvalue weighted by molar-refractivity contribution is 7.98. The number of fused-ring (bicyclic) bond motifs is 1. The van der Waals surface area contributed by atoms with Crippen molar-refractivity contribution in [1.82, 2.24) is 15.1 Å². The molecule has 3 heterocycles. The highest BCUT2D eigenvalue weighted by Crippen LogP contribution is 2.27. The van der Waals surface area contributed by atoms with Crippen molar-refractivity contribution in [2.24, 2.45) is 0 Å². The third kappa shape index (κ3) is 3.00. The van der Waals surface area contributed by atoms with E-state index in [1.54, 1.807) is 23.1 Å². The maximum Gasteiger partial charge on any atom is 0.268 e. The topological polar surface area (TPSA) is 51.8 Å². The van der Waals surface area contributed by atoms with E-state index < -0.39 is 0 Å². The Morgan fingerprint density at radius 3 is 2.91 bits per heavy atom. The minimum Gasteiger partial charge on any atom is -0.333 e. The average Bonchev–Trinajstić information content (AvgIpc) is 3.24. The molecule has 0 spiro atoms. The molecule has 0 saturated heterocycles. The first kappa shape index (κ1) is 14.4. The molecule has 0 atom stereocenters. The Hall–Kier alpha value is -2.18. The zero-order valence-corrected chi connectivity index (χ0v) is 14.0. The van der Waals surface area contributed by atoms with E-state index >= 15 is 0 Å². The molecule has 0 unspecified atom stereocenters. The van der Waals surface area contributed by atoms with Crippen molar-refractivity contribution in [1.29, 1.82) is 0 Å². The number of thiophene rings is 1. The van der Waals surface area contributed by atoms with Gasteiger partial charge in [0.15, 0.2) is 5.82 Å². The molecule has 0 aliphatic heterocycles. The molecule has 23 heavy (non-hydrogen) atoms. The monoisotopic (exact) mass is 339 g/mol. The van der Waals surface area contributed by atoms with E-state index in [-0.39, 0.29) is 0 Å². The Kier molecular flexibility index (Phi) is 3.85. The van der Waals surface area contributed by atoms with Crippen LogP contribution < -0.4 is 0 Å². The summed E-state index contributed by atoms with van der Waals surface area (Å²) in [5.41, 5.74) is 2.24. The van der Waals surface area contributed by atoms with Gasteiger partial charge in [-0.25, -0.2) is 4.98 Å². The van der Waals surface area contributed by atoms with Gasteiger partial charge in [-0.1, -0.05) is 41.2 Å². The quantitative estimate of drug-likeness (QED) is 0.493. The largest absolute Gasteiger partial charge is 0.333 e. The van der Waals surface area contributed by atoms with Crippen molar-refractivity contribution in [2.45, 2.75) is 17.7 Å². The van der Waals surface area contributed by atoms with Crippen molar-refractivity contribution in [3.05, 3.63) is 59.2 Å². The minimum atomic E-state index is 0.582. The third-order valence-electron chi connectivity index (χ3n) is 3.45. The molecule has 0 amide bonds. The van der Waals surface area contributed by atoms with Crippen LogP contribution in [0.3, 0.4) is 0 Å². The lowest BCUT2D eigenvalue weighted by atomic mass is 10.1. The van der Waals surface area contributed by atoms with E-state index in [9.17, 15) is 0 Å². The molecule has 4 rings (SSSR count). The summed E-state index contributed by atoms with van der Waals surface area (Å²) in [7, 11) is 0. The predicted molar refractivity (Wildman–Crippen MR) is 93.7 cm³/mol. The van der Waals surface area contributed by atoms with Crippen molar-refractivity contribution < 1.29 is 4.52 Å². The molecular weight excluding hydrogens is 326 g/mol. The van der Waals surface area contributed by atoms with Crippen LogP contribution in [0.1, 0.15) is 11.4 Å². The Balaban J connectivity index is 1.53. The maximum absolute atomic E-state index is 5.31. The summed E-state index contributed by atoms with van der Waals surface area (Å²) in [6.07, 6.45) is 0. The molecule has 0 aliphatic carbocycles. The summed E-state index contributed by atoms with van der Waals surface area (Å²) >= 11 is 3.21. The molecule has 0 aliphatic rings. The number of nitrogens with zero attached hydrogens (tertiary/aromatic N) is 3. The molecule has 0 saturated carbocycles. The van der Waals surface area contributed by atoms with E-state index in [2.05, 4.69) is 34.2 Å². The number of aryl methyl sites for hydroxylation is 1. The van der Waals surface area contributed by atoms with Gasteiger partial charge in [0.1, 0.15) is 0 Å². The number of hydrogen-bond acceptors (Lipinski definition) is 6. The summed E-state index contributed by atoms with van der Waals surface area (Å²) in [4.78, 5) is 10.1. The van der Waals surface area contributed by atoms with Crippen LogP contribution in [0.25, 0.3) is 21.7 Å². The lowest BCUT2D eigenvalue weighted by Crippen LogP contribution is -1.89. The second kappa shape index (κ2) is 6.14. The van der Waals surface area contributed by atoms with E-state index in [0.717, 1.165) is 15.4 Å². The van der Waals surface area contributed by atoms with E-state index in [1.807, 2.05) is 35.7 Å². The lowest BCUT2D eigenvalue weighted by Gasteiger charge is -2.04. The van der Waals surface area contributed by atoms with Gasteiger partial charge in [-0.05, 0) is 36.1 Å². The summed E-state index contributed by atoms with van der Waals surface area (Å²) < 4.78 is 5.31. The molecule has 0 bridgehead atoms. The van der Waals surface area contributed by atoms with E-state index in [0.29, 0.717) is 17.5 Å². The van der Waals surface area contributed by atoms with Gasteiger partial charge in [0, 0.05) is 5.39 Å². The number of pyridine rings is 1. The van der Waals surface area contributed by atoms with Gasteiger partial charge in [0.05, 0.1) is 21.2 Å². The summed E-state index contributed by atoms with van der Waals surface area (Å²) in [6, 6.07) is 14.2. The summed E-state index contributed by atoms with van der Waals surface area (Å²) in [5.74, 6) is 1.91. The Morgan fingerprint density at radius 2 is 2.04 bits per heavy atom. The van der Waals surface area contributed by atoms with Crippen LogP contribution in [0.2, 0.25) is 0 Å². The Bertz CT molecular complexity index is 948. The van der Waals surface area contributed by atoms with Crippen molar-refractivity contribution in [3.8, 4) is 10.8 Å². The van der Waals surface area contributed by atoms with Crippen LogP contribution in [0.15, 0.2) is 57.4 Å². The van der Waals surface area contributed by atoms with Gasteiger partial charge in [-0.2, -0.15) is 4.98 Å². The third-order valence-corrected chi connectivity index (χ3v) is 5.21. The lowest BCUT2D eigenvalue weighted by molar-refractivity contribution is 0.426. The van der Waals surface area contributed by atoms with Crippen LogP contribution in [0.5, 0.6) is 0 Å². The van der Waals surface area contributed by atoms with Gasteiger partial charge >= 0.3 is 0 Å². The molecule has 0 N–H and O–H groups in total. The van der Waals surface area contributed by atoms with Gasteiger partial charge in [-0.15, -0.1) is 11.3 Å².